The van der Waals surface area contributed by atoms with Crippen LogP contribution in [-0.2, 0) is 4.74 Å². The Bertz CT molecular complexity index is 615. The van der Waals surface area contributed by atoms with E-state index in [2.05, 4.69) is 25.5 Å². The number of anilines is 1. The minimum Gasteiger partial charge on any atom is -0.372 e. The summed E-state index contributed by atoms with van der Waals surface area (Å²) in [5, 5.41) is 9.49. The van der Waals surface area contributed by atoms with Crippen molar-refractivity contribution in [3.05, 3.63) is 36.0 Å². The van der Waals surface area contributed by atoms with Crippen molar-refractivity contribution in [2.45, 2.75) is 6.10 Å². The van der Waals surface area contributed by atoms with Gasteiger partial charge in [-0.25, -0.2) is 4.98 Å². The van der Waals surface area contributed by atoms with E-state index in [1.165, 1.54) is 0 Å². The lowest BCUT2D eigenvalue weighted by atomic mass is 10.2. The maximum Gasteiger partial charge on any atom is 0.272 e. The molecule has 8 heteroatoms. The van der Waals surface area contributed by atoms with Crippen LogP contribution in [0.5, 0.6) is 0 Å². The van der Waals surface area contributed by atoms with Gasteiger partial charge in [0.25, 0.3) is 5.91 Å². The van der Waals surface area contributed by atoms with Crippen LogP contribution in [0.4, 0.5) is 5.82 Å². The topological polar surface area (TPSA) is 96.0 Å². The molecule has 3 heterocycles. The molecule has 2 N–H and O–H groups in total. The summed E-state index contributed by atoms with van der Waals surface area (Å²) in [7, 11) is 1.78. The first-order chi connectivity index (χ1) is 10.3. The fraction of sp³-hybridized carbons (Fsp3) is 0.385. The fourth-order valence-electron chi connectivity index (χ4n) is 2.32. The second kappa shape index (κ2) is 5.88. The highest BCUT2D eigenvalue weighted by atomic mass is 16.5. The average Bonchev–Trinajstić information content (AvgIpc) is 3.08. The van der Waals surface area contributed by atoms with Gasteiger partial charge in [-0.15, -0.1) is 0 Å². The first kappa shape index (κ1) is 13.5. The molecule has 1 aliphatic rings. The summed E-state index contributed by atoms with van der Waals surface area (Å²) >= 11 is 0. The van der Waals surface area contributed by atoms with E-state index in [1.54, 1.807) is 36.6 Å². The van der Waals surface area contributed by atoms with Crippen molar-refractivity contribution in [3.8, 4) is 0 Å². The van der Waals surface area contributed by atoms with Gasteiger partial charge in [-0.05, 0) is 6.07 Å². The van der Waals surface area contributed by atoms with Crippen LogP contribution < -0.4 is 5.32 Å². The van der Waals surface area contributed by atoms with E-state index in [0.717, 1.165) is 0 Å². The number of hydrogen-bond donors (Lipinski definition) is 2. The Morgan fingerprint density at radius 3 is 3.05 bits per heavy atom. The Labute approximate surface area is 121 Å². The van der Waals surface area contributed by atoms with Crippen LogP contribution in [0.2, 0.25) is 0 Å². The Hall–Kier alpha value is -2.48. The number of hydrogen-bond acceptors (Lipinski definition) is 6. The summed E-state index contributed by atoms with van der Waals surface area (Å²) < 4.78 is 5.74. The van der Waals surface area contributed by atoms with Crippen LogP contribution in [0.3, 0.4) is 0 Å². The number of H-pyrrole nitrogens is 1. The smallest absolute Gasteiger partial charge is 0.272 e. The molecular formula is C13H16N6O2. The van der Waals surface area contributed by atoms with Crippen molar-refractivity contribution < 1.29 is 9.53 Å². The Morgan fingerprint density at radius 1 is 1.43 bits per heavy atom. The molecule has 1 saturated heterocycles. The van der Waals surface area contributed by atoms with Crippen molar-refractivity contribution in [2.75, 3.05) is 32.1 Å². The zero-order valence-corrected chi connectivity index (χ0v) is 11.6. The number of aromatic amines is 1. The predicted octanol–water partition coefficient (Wildman–Crippen LogP) is 0.455. The highest BCUT2D eigenvalue weighted by Crippen LogP contribution is 2.25. The molecular weight excluding hydrogens is 272 g/mol. The van der Waals surface area contributed by atoms with Gasteiger partial charge in [-0.2, -0.15) is 5.10 Å². The van der Waals surface area contributed by atoms with E-state index in [9.17, 15) is 4.79 Å². The van der Waals surface area contributed by atoms with Gasteiger partial charge < -0.3 is 15.0 Å². The summed E-state index contributed by atoms with van der Waals surface area (Å²) in [6.07, 6.45) is 4.51. The molecule has 1 aliphatic heterocycles. The van der Waals surface area contributed by atoms with E-state index < -0.39 is 0 Å². The van der Waals surface area contributed by atoms with Gasteiger partial charge in [-0.1, -0.05) is 0 Å². The summed E-state index contributed by atoms with van der Waals surface area (Å²) in [5.74, 6) is 0.578. The zero-order chi connectivity index (χ0) is 14.7. The van der Waals surface area contributed by atoms with Gasteiger partial charge in [0, 0.05) is 32.2 Å². The first-order valence-electron chi connectivity index (χ1n) is 6.68. The highest BCUT2D eigenvalue weighted by molar-refractivity contribution is 5.92. The van der Waals surface area contributed by atoms with Gasteiger partial charge in [0.1, 0.15) is 23.3 Å². The van der Waals surface area contributed by atoms with Gasteiger partial charge in [0.15, 0.2) is 0 Å². The molecule has 2 aromatic rings. The van der Waals surface area contributed by atoms with Crippen molar-refractivity contribution in [2.24, 2.45) is 0 Å². The lowest BCUT2D eigenvalue weighted by molar-refractivity contribution is -0.0247. The highest BCUT2D eigenvalue weighted by Gasteiger charge is 2.29. The first-order valence-corrected chi connectivity index (χ1v) is 6.68. The van der Waals surface area contributed by atoms with Gasteiger partial charge in [0.2, 0.25) is 0 Å². The molecule has 1 fully saturated rings. The van der Waals surface area contributed by atoms with E-state index in [1.807, 2.05) is 0 Å². The third-order valence-corrected chi connectivity index (χ3v) is 3.35. The van der Waals surface area contributed by atoms with Crippen LogP contribution in [0.15, 0.2) is 24.7 Å². The number of morpholine rings is 1. The van der Waals surface area contributed by atoms with Crippen LogP contribution in [0.1, 0.15) is 22.3 Å². The molecule has 0 saturated carbocycles. The third kappa shape index (κ3) is 2.70. The Kier molecular flexibility index (Phi) is 3.78. The van der Waals surface area contributed by atoms with Crippen LogP contribution >= 0.6 is 0 Å². The molecule has 0 bridgehead atoms. The number of nitrogens with one attached hydrogen (secondary N) is 2. The minimum absolute atomic E-state index is 0.0873. The standard InChI is InChI=1S/C13H16N6O2/c1-14-12-11(15-4-5-16-12)10-8-19(6-7-21-10)13(20)9-2-3-17-18-9/h2-5,10H,6-8H2,1H3,(H,14,16)(H,17,18)/t10-/m0/s1. The van der Waals surface area contributed by atoms with Crippen LogP contribution in [0, 0.1) is 0 Å². The largest absolute Gasteiger partial charge is 0.372 e. The number of aromatic nitrogens is 4. The molecule has 110 valence electrons. The Balaban J connectivity index is 1.78. The minimum atomic E-state index is -0.290. The Morgan fingerprint density at radius 2 is 2.29 bits per heavy atom. The number of carbonyl (C=O) groups excluding carboxylic acids is 1. The number of nitrogens with zero attached hydrogens (tertiary/aromatic N) is 4. The monoisotopic (exact) mass is 288 g/mol. The second-order valence-corrected chi connectivity index (χ2v) is 4.62. The summed E-state index contributed by atoms with van der Waals surface area (Å²) in [4.78, 5) is 22.6. The molecule has 0 aromatic carbocycles. The van der Waals surface area contributed by atoms with Crippen molar-refractivity contribution >= 4 is 11.7 Å². The van der Waals surface area contributed by atoms with Crippen molar-refractivity contribution in [1.82, 2.24) is 25.1 Å². The lowest BCUT2D eigenvalue weighted by Crippen LogP contribution is -2.42. The maximum absolute atomic E-state index is 12.3. The van der Waals surface area contributed by atoms with Gasteiger partial charge in [-0.3, -0.25) is 14.9 Å². The molecule has 8 nitrogen and oxygen atoms in total. The SMILES string of the molecule is CNc1nccnc1[C@@H]1CN(C(=O)c2ccn[nH]2)CCO1. The quantitative estimate of drug-likeness (QED) is 0.851. The number of carbonyl (C=O) groups is 1. The van der Waals surface area contributed by atoms with Crippen molar-refractivity contribution in [1.29, 1.82) is 0 Å². The molecule has 3 rings (SSSR count). The number of ether oxygens (including phenoxy) is 1. The third-order valence-electron chi connectivity index (χ3n) is 3.35. The molecule has 1 amide bonds. The average molecular weight is 288 g/mol. The molecule has 0 radical (unpaired) electrons. The van der Waals surface area contributed by atoms with Crippen LogP contribution in [0.25, 0.3) is 0 Å². The maximum atomic E-state index is 12.3. The van der Waals surface area contributed by atoms with Crippen LogP contribution in [-0.4, -0.2) is 57.7 Å². The zero-order valence-electron chi connectivity index (χ0n) is 11.6. The van der Waals surface area contributed by atoms with Gasteiger partial charge >= 0.3 is 0 Å². The lowest BCUT2D eigenvalue weighted by Gasteiger charge is -2.32. The number of rotatable bonds is 3. The summed E-state index contributed by atoms with van der Waals surface area (Å²) in [5.41, 5.74) is 1.19. The van der Waals surface area contributed by atoms with Crippen molar-refractivity contribution in [3.63, 3.8) is 0 Å². The molecule has 2 aromatic heterocycles. The van der Waals surface area contributed by atoms with E-state index in [4.69, 9.17) is 4.74 Å². The molecule has 0 unspecified atom stereocenters. The second-order valence-electron chi connectivity index (χ2n) is 4.62. The fourth-order valence-corrected chi connectivity index (χ4v) is 2.32. The van der Waals surface area contributed by atoms with E-state index in [-0.39, 0.29) is 12.0 Å². The predicted molar refractivity (Wildman–Crippen MR) is 74.8 cm³/mol. The summed E-state index contributed by atoms with van der Waals surface area (Å²) in [6, 6.07) is 1.66. The van der Waals surface area contributed by atoms with Gasteiger partial charge in [0.05, 0.1) is 13.2 Å². The molecule has 0 spiro atoms. The normalized spacial score (nSPS) is 18.5. The van der Waals surface area contributed by atoms with E-state index in [0.29, 0.717) is 36.9 Å². The molecule has 21 heavy (non-hydrogen) atoms. The molecule has 1 atom stereocenters. The van der Waals surface area contributed by atoms with E-state index >= 15 is 0 Å². The molecule has 0 aliphatic carbocycles. The number of amides is 1. The summed E-state index contributed by atoms with van der Waals surface area (Å²) in [6.45, 7) is 1.44.